The topological polar surface area (TPSA) is 86.3 Å². The number of aliphatic carboxylic acids is 1. The quantitative estimate of drug-likeness (QED) is 0.0862. The molecule has 0 aromatic heterocycles. The van der Waals surface area contributed by atoms with Gasteiger partial charge in [-0.25, -0.2) is 35.1 Å². The molecule has 0 heterocycles. The van der Waals surface area contributed by atoms with Gasteiger partial charge in [-0.2, -0.15) is 52.7 Å². The van der Waals surface area contributed by atoms with Crippen LogP contribution in [0.5, 0.6) is 0 Å². The maximum absolute atomic E-state index is 14.3. The van der Waals surface area contributed by atoms with Crippen LogP contribution in [0.25, 0.3) is 0 Å². The van der Waals surface area contributed by atoms with Gasteiger partial charge in [0.1, 0.15) is 6.54 Å². The summed E-state index contributed by atoms with van der Waals surface area (Å²) in [7, 11) is -1.85. The van der Waals surface area contributed by atoms with Crippen molar-refractivity contribution < 1.29 is 97.4 Å². The van der Waals surface area contributed by atoms with Crippen LogP contribution in [0, 0.1) is 17.8 Å². The van der Waals surface area contributed by atoms with E-state index in [-0.39, 0.29) is 17.4 Å². The molecular weight excluding hydrogens is 747 g/mol. The molecule has 0 spiro atoms. The predicted molar refractivity (Wildman–Crippen MR) is 135 cm³/mol. The highest BCUT2D eigenvalue weighted by Gasteiger charge is 2.60. The lowest BCUT2D eigenvalue weighted by Crippen LogP contribution is -2.49. The third-order valence-electron chi connectivity index (χ3n) is 7.33. The molecule has 4 atom stereocenters. The monoisotopic (exact) mass is 782 g/mol. The number of alkyl halides is 17. The number of halogens is 17. The van der Waals surface area contributed by atoms with Crippen molar-refractivity contribution in [2.75, 3.05) is 39.5 Å². The van der Waals surface area contributed by atoms with Crippen molar-refractivity contribution in [1.82, 2.24) is 4.72 Å². The third kappa shape index (κ3) is 18.3. The van der Waals surface area contributed by atoms with Gasteiger partial charge >= 0.3 is 24.7 Å². The zero-order valence-corrected chi connectivity index (χ0v) is 26.7. The highest BCUT2D eigenvalue weighted by Crippen LogP contribution is 2.50. The number of nitrogens with one attached hydrogen (secondary N) is 1. The van der Waals surface area contributed by atoms with E-state index in [0.29, 0.717) is 0 Å². The fourth-order valence-electron chi connectivity index (χ4n) is 4.79. The van der Waals surface area contributed by atoms with E-state index in [2.05, 4.69) is 0 Å². The average Bonchev–Trinajstić information content (AvgIpc) is 2.77. The molecule has 0 aromatic carbocycles. The Hall–Kier alpha value is -1.85. The lowest BCUT2D eigenvalue weighted by molar-refractivity contribution is -0.884. The molecule has 1 N–H and O–H groups in total. The molecule has 0 aliphatic carbocycles. The normalized spacial score (nSPS) is 17.8. The van der Waals surface area contributed by atoms with E-state index in [0.717, 1.165) is 0 Å². The SMILES string of the molecule is CC(F)(CC(F)(F)CC(F)(F)CC(CC(CC(CCS(=O)(=O)NCCC[N+](C)(C)CC(=O)[O-])C(F)(F)F)C(F)(F)F)C(F)(F)F)C(F)(F)F. The number of carbonyl (C=O) groups is 1. The standard InChI is InChI=1S/C25H35F17N2O4S/c1-19(26,25(40,41)42)13-21(29,30)14-20(27,28)11-17(24(37,38)39)10-16(23(34,35)36)9-15(22(31,32)33)5-8-49(47,48)43-6-4-7-44(2,3)12-18(45)46/h15-17,43H,4-14H2,1-3H3. The summed E-state index contributed by atoms with van der Waals surface area (Å²) in [4.78, 5) is 10.7. The Morgan fingerprint density at radius 2 is 1.16 bits per heavy atom. The zero-order valence-electron chi connectivity index (χ0n) is 25.9. The summed E-state index contributed by atoms with van der Waals surface area (Å²) in [6, 6.07) is 0. The molecule has 0 amide bonds. The van der Waals surface area contributed by atoms with E-state index >= 15 is 0 Å². The molecule has 0 aliphatic rings. The van der Waals surface area contributed by atoms with Crippen molar-refractivity contribution in [2.24, 2.45) is 17.8 Å². The van der Waals surface area contributed by atoms with Crippen molar-refractivity contribution in [3.8, 4) is 0 Å². The second-order valence-corrected chi connectivity index (χ2v) is 14.6. The molecule has 24 heteroatoms. The number of sulfonamides is 1. The lowest BCUT2D eigenvalue weighted by Gasteiger charge is -2.33. The van der Waals surface area contributed by atoms with E-state index in [1.54, 1.807) is 0 Å². The maximum atomic E-state index is 14.3. The first-order chi connectivity index (χ1) is 21.3. The summed E-state index contributed by atoms with van der Waals surface area (Å²) in [5, 5.41) is 10.7. The van der Waals surface area contributed by atoms with Crippen LogP contribution in [0.1, 0.15) is 51.9 Å². The van der Waals surface area contributed by atoms with Crippen LogP contribution in [0.4, 0.5) is 74.6 Å². The van der Waals surface area contributed by atoms with Crippen molar-refractivity contribution in [1.29, 1.82) is 0 Å². The van der Waals surface area contributed by atoms with E-state index in [1.807, 2.05) is 4.72 Å². The first kappa shape index (κ1) is 47.1. The minimum absolute atomic E-state index is 0.00872. The summed E-state index contributed by atoms with van der Waals surface area (Å²) in [6.07, 6.45) is -39.5. The van der Waals surface area contributed by atoms with Gasteiger partial charge in [0.25, 0.3) is 11.8 Å². The lowest BCUT2D eigenvalue weighted by atomic mass is 9.82. The molecule has 49 heavy (non-hydrogen) atoms. The van der Waals surface area contributed by atoms with Crippen LogP contribution in [0.2, 0.25) is 0 Å². The van der Waals surface area contributed by atoms with E-state index in [1.165, 1.54) is 14.1 Å². The summed E-state index contributed by atoms with van der Waals surface area (Å²) >= 11 is 0. The Balaban J connectivity index is 5.92. The molecule has 294 valence electrons. The Bertz CT molecular complexity index is 1160. The number of carbonyl (C=O) groups excluding carboxylic acids is 1. The number of likely N-dealkylation sites (N-methyl/N-ethyl adjacent to an activating group) is 1. The molecule has 0 bridgehead atoms. The fourth-order valence-corrected chi connectivity index (χ4v) is 5.99. The minimum Gasteiger partial charge on any atom is -0.544 e. The van der Waals surface area contributed by atoms with Gasteiger partial charge in [-0.1, -0.05) is 0 Å². The first-order valence-electron chi connectivity index (χ1n) is 14.0. The van der Waals surface area contributed by atoms with Gasteiger partial charge in [-0.15, -0.1) is 0 Å². The van der Waals surface area contributed by atoms with Crippen molar-refractivity contribution in [3.05, 3.63) is 0 Å². The number of carboxylic acid groups (broad SMARTS) is 1. The second-order valence-electron chi connectivity index (χ2n) is 12.7. The van der Waals surface area contributed by atoms with Crippen LogP contribution in [0.3, 0.4) is 0 Å². The van der Waals surface area contributed by atoms with Gasteiger partial charge in [-0.3, -0.25) is 0 Å². The molecule has 0 rings (SSSR count). The number of quaternary nitrogens is 1. The van der Waals surface area contributed by atoms with Gasteiger partial charge in [-0.05, 0) is 26.2 Å². The van der Waals surface area contributed by atoms with E-state index < -0.39 is 140 Å². The number of carboxylic acids is 1. The minimum atomic E-state index is -6.10. The largest absolute Gasteiger partial charge is 0.544 e. The summed E-state index contributed by atoms with van der Waals surface area (Å²) < 4.78 is 257. The maximum Gasteiger partial charge on any atom is 0.422 e. The van der Waals surface area contributed by atoms with Crippen LogP contribution in [0.15, 0.2) is 0 Å². The summed E-state index contributed by atoms with van der Waals surface area (Å²) in [5.74, 6) is -24.7. The van der Waals surface area contributed by atoms with Crippen molar-refractivity contribution >= 4 is 16.0 Å². The molecule has 6 nitrogen and oxygen atoms in total. The average molecular weight is 783 g/mol. The van der Waals surface area contributed by atoms with E-state index in [4.69, 9.17) is 0 Å². The van der Waals surface area contributed by atoms with Gasteiger partial charge < -0.3 is 14.4 Å². The van der Waals surface area contributed by atoms with Crippen molar-refractivity contribution in [3.63, 3.8) is 0 Å². The van der Waals surface area contributed by atoms with Crippen LogP contribution < -0.4 is 9.83 Å². The Kier molecular flexibility index (Phi) is 15.6. The van der Waals surface area contributed by atoms with Gasteiger partial charge in [0.2, 0.25) is 15.7 Å². The zero-order chi connectivity index (χ0) is 39.3. The molecule has 0 aromatic rings. The highest BCUT2D eigenvalue weighted by atomic mass is 32.2. The first-order valence-corrected chi connectivity index (χ1v) is 15.7. The van der Waals surface area contributed by atoms with Gasteiger partial charge in [0.15, 0.2) is 0 Å². The molecule has 0 saturated heterocycles. The number of hydrogen-bond donors (Lipinski definition) is 1. The Morgan fingerprint density at radius 3 is 1.57 bits per heavy atom. The third-order valence-corrected chi connectivity index (χ3v) is 8.74. The summed E-state index contributed by atoms with van der Waals surface area (Å²) in [5.41, 5.74) is -4.82. The molecule has 4 unspecified atom stereocenters. The highest BCUT2D eigenvalue weighted by molar-refractivity contribution is 7.89. The molecule has 0 saturated carbocycles. The fraction of sp³-hybridized carbons (Fsp3) is 0.960. The molecule has 0 radical (unpaired) electrons. The predicted octanol–water partition coefficient (Wildman–Crippen LogP) is 6.56. The number of nitrogens with zero attached hydrogens (tertiary/aromatic N) is 1. The molecule has 0 fully saturated rings. The Morgan fingerprint density at radius 1 is 0.714 bits per heavy atom. The molecule has 0 aliphatic heterocycles. The smallest absolute Gasteiger partial charge is 0.422 e. The van der Waals surface area contributed by atoms with Crippen molar-refractivity contribution in [2.45, 2.75) is 94.1 Å². The van der Waals surface area contributed by atoms with Crippen LogP contribution >= 0.6 is 0 Å². The second kappa shape index (κ2) is 16.2. The Labute approximate surface area is 270 Å². The van der Waals surface area contributed by atoms with Gasteiger partial charge in [0.05, 0.1) is 63.0 Å². The van der Waals surface area contributed by atoms with Gasteiger partial charge in [0, 0.05) is 19.4 Å². The summed E-state index contributed by atoms with van der Waals surface area (Å²) in [6.45, 7) is -1.44. The number of rotatable bonds is 20. The number of hydrogen-bond acceptors (Lipinski definition) is 4. The van der Waals surface area contributed by atoms with Crippen LogP contribution in [-0.4, -0.2) is 101 Å². The van der Waals surface area contributed by atoms with E-state index in [9.17, 15) is 93.0 Å². The molecular formula is C25H35F17N2O4S. The van der Waals surface area contributed by atoms with Crippen LogP contribution in [-0.2, 0) is 14.8 Å².